The van der Waals surface area contributed by atoms with E-state index in [0.29, 0.717) is 6.61 Å². The van der Waals surface area contributed by atoms with Crippen LogP contribution in [0.2, 0.25) is 0 Å². The summed E-state index contributed by atoms with van der Waals surface area (Å²) in [7, 11) is 1.61. The molecule has 1 aromatic carbocycles. The lowest BCUT2D eigenvalue weighted by Crippen LogP contribution is -2.38. The van der Waals surface area contributed by atoms with Crippen molar-refractivity contribution in [2.75, 3.05) is 25.6 Å². The molecule has 1 aliphatic rings. The van der Waals surface area contributed by atoms with Gasteiger partial charge in [0.2, 0.25) is 0 Å². The quantitative estimate of drug-likeness (QED) is 0.856. The van der Waals surface area contributed by atoms with Gasteiger partial charge in [0.15, 0.2) is 0 Å². The number of carbonyl (C=O) groups excluding carboxylic acids is 1. The minimum absolute atomic E-state index is 0.0206. The van der Waals surface area contributed by atoms with Gasteiger partial charge in [0, 0.05) is 19.2 Å². The molecule has 0 radical (unpaired) electrons. The number of nitrogens with one attached hydrogen (secondary N) is 2. The first kappa shape index (κ1) is 12.7. The maximum atomic E-state index is 11.7. The van der Waals surface area contributed by atoms with E-state index in [0.717, 1.165) is 30.0 Å². The van der Waals surface area contributed by atoms with E-state index in [4.69, 9.17) is 9.47 Å². The normalized spacial score (nSPS) is 14.6. The molecule has 0 unspecified atom stereocenters. The zero-order chi connectivity index (χ0) is 13.0. The number of ether oxygens (including phenoxy) is 2. The molecular formula is C13H18N2O3. The summed E-state index contributed by atoms with van der Waals surface area (Å²) in [6.07, 6.45) is 0.895. The van der Waals surface area contributed by atoms with Crippen LogP contribution in [0, 0.1) is 0 Å². The number of hydrogen-bond acceptors (Lipinski definition) is 3. The molecule has 0 bridgehead atoms. The molecule has 2 rings (SSSR count). The summed E-state index contributed by atoms with van der Waals surface area (Å²) >= 11 is 0. The van der Waals surface area contributed by atoms with Gasteiger partial charge in [0.05, 0.1) is 19.3 Å². The Morgan fingerprint density at radius 3 is 3.17 bits per heavy atom. The van der Waals surface area contributed by atoms with Crippen LogP contribution < -0.4 is 15.4 Å². The average molecular weight is 250 g/mol. The number of amides is 2. The van der Waals surface area contributed by atoms with Gasteiger partial charge < -0.3 is 20.1 Å². The van der Waals surface area contributed by atoms with Crippen molar-refractivity contribution >= 4 is 11.7 Å². The third-order valence-electron chi connectivity index (χ3n) is 2.74. The van der Waals surface area contributed by atoms with E-state index in [9.17, 15) is 4.79 Å². The number of benzene rings is 1. The molecule has 98 valence electrons. The van der Waals surface area contributed by atoms with E-state index in [1.807, 2.05) is 25.1 Å². The lowest BCUT2D eigenvalue weighted by atomic mass is 10.1. The molecule has 0 aromatic heterocycles. The summed E-state index contributed by atoms with van der Waals surface area (Å²) < 4.78 is 10.4. The third kappa shape index (κ3) is 3.13. The molecule has 2 amide bonds. The van der Waals surface area contributed by atoms with Gasteiger partial charge in [-0.3, -0.25) is 0 Å². The molecule has 1 heterocycles. The van der Waals surface area contributed by atoms with Gasteiger partial charge >= 0.3 is 6.03 Å². The standard InChI is InChI=1S/C13H18N2O3/c1-9(8-17-2)14-13(16)15-11-3-4-12-10(7-11)5-6-18-12/h3-4,7,9H,5-6,8H2,1-2H3,(H2,14,15,16)/t9-/m1/s1. The highest BCUT2D eigenvalue weighted by Crippen LogP contribution is 2.27. The van der Waals surface area contributed by atoms with Crippen molar-refractivity contribution in [2.45, 2.75) is 19.4 Å². The summed E-state index contributed by atoms with van der Waals surface area (Å²) in [6, 6.07) is 5.43. The van der Waals surface area contributed by atoms with Crippen LogP contribution >= 0.6 is 0 Å². The van der Waals surface area contributed by atoms with Gasteiger partial charge in [0.1, 0.15) is 5.75 Å². The van der Waals surface area contributed by atoms with E-state index >= 15 is 0 Å². The van der Waals surface area contributed by atoms with Gasteiger partial charge in [-0.2, -0.15) is 0 Å². The van der Waals surface area contributed by atoms with Crippen molar-refractivity contribution in [2.24, 2.45) is 0 Å². The topological polar surface area (TPSA) is 59.6 Å². The predicted octanol–water partition coefficient (Wildman–Crippen LogP) is 1.78. The first-order valence-corrected chi connectivity index (χ1v) is 6.01. The van der Waals surface area contributed by atoms with Crippen molar-refractivity contribution in [3.05, 3.63) is 23.8 Å². The molecule has 0 saturated carbocycles. The van der Waals surface area contributed by atoms with Crippen molar-refractivity contribution in [1.29, 1.82) is 0 Å². The molecule has 0 aliphatic carbocycles. The van der Waals surface area contributed by atoms with Gasteiger partial charge in [-0.05, 0) is 30.7 Å². The van der Waals surface area contributed by atoms with Crippen LogP contribution in [0.5, 0.6) is 5.75 Å². The molecule has 18 heavy (non-hydrogen) atoms. The fourth-order valence-electron chi connectivity index (χ4n) is 1.95. The molecule has 1 aromatic rings. The maximum absolute atomic E-state index is 11.7. The van der Waals surface area contributed by atoms with E-state index in [1.165, 1.54) is 0 Å². The molecule has 0 fully saturated rings. The van der Waals surface area contributed by atoms with Gasteiger partial charge in [-0.15, -0.1) is 0 Å². The second-order valence-corrected chi connectivity index (χ2v) is 4.38. The highest BCUT2D eigenvalue weighted by molar-refractivity contribution is 5.89. The Balaban J connectivity index is 1.91. The summed E-state index contributed by atoms with van der Waals surface area (Å²) in [5.74, 6) is 0.911. The van der Waals surface area contributed by atoms with Crippen molar-refractivity contribution in [3.8, 4) is 5.75 Å². The minimum atomic E-state index is -0.224. The number of methoxy groups -OCH3 is 1. The van der Waals surface area contributed by atoms with E-state index in [2.05, 4.69) is 10.6 Å². The van der Waals surface area contributed by atoms with Crippen molar-refractivity contribution in [1.82, 2.24) is 5.32 Å². The Morgan fingerprint density at radius 1 is 1.56 bits per heavy atom. The predicted molar refractivity (Wildman–Crippen MR) is 69.1 cm³/mol. The molecule has 5 heteroatoms. The Hall–Kier alpha value is -1.75. The van der Waals surface area contributed by atoms with Gasteiger partial charge in [-0.1, -0.05) is 0 Å². The fourth-order valence-corrected chi connectivity index (χ4v) is 1.95. The molecule has 2 N–H and O–H groups in total. The Labute approximate surface area is 106 Å². The second-order valence-electron chi connectivity index (χ2n) is 4.38. The number of urea groups is 1. The van der Waals surface area contributed by atoms with E-state index < -0.39 is 0 Å². The molecule has 1 aliphatic heterocycles. The lowest BCUT2D eigenvalue weighted by Gasteiger charge is -2.13. The number of anilines is 1. The van der Waals surface area contributed by atoms with Crippen molar-refractivity contribution < 1.29 is 14.3 Å². The highest BCUT2D eigenvalue weighted by atomic mass is 16.5. The van der Waals surface area contributed by atoms with Crippen LogP contribution in [-0.2, 0) is 11.2 Å². The molecular weight excluding hydrogens is 232 g/mol. The van der Waals surface area contributed by atoms with Crippen molar-refractivity contribution in [3.63, 3.8) is 0 Å². The molecule has 0 saturated heterocycles. The fraction of sp³-hybridized carbons (Fsp3) is 0.462. The van der Waals surface area contributed by atoms with Crippen LogP contribution in [0.4, 0.5) is 10.5 Å². The molecule has 5 nitrogen and oxygen atoms in total. The van der Waals surface area contributed by atoms with Crippen LogP contribution in [-0.4, -0.2) is 32.4 Å². The summed E-state index contributed by atoms with van der Waals surface area (Å²) in [5, 5.41) is 5.59. The Kier molecular flexibility index (Phi) is 4.04. The first-order chi connectivity index (χ1) is 8.69. The number of hydrogen-bond donors (Lipinski definition) is 2. The monoisotopic (exact) mass is 250 g/mol. The van der Waals surface area contributed by atoms with Gasteiger partial charge in [0.25, 0.3) is 0 Å². The number of rotatable bonds is 4. The van der Waals surface area contributed by atoms with Crippen LogP contribution in [0.1, 0.15) is 12.5 Å². The van der Waals surface area contributed by atoms with Crippen LogP contribution in [0.15, 0.2) is 18.2 Å². The Morgan fingerprint density at radius 2 is 2.39 bits per heavy atom. The first-order valence-electron chi connectivity index (χ1n) is 6.01. The average Bonchev–Trinajstić information content (AvgIpc) is 2.76. The van der Waals surface area contributed by atoms with Crippen LogP contribution in [0.25, 0.3) is 0 Å². The zero-order valence-electron chi connectivity index (χ0n) is 10.7. The van der Waals surface area contributed by atoms with E-state index in [1.54, 1.807) is 7.11 Å². The third-order valence-corrected chi connectivity index (χ3v) is 2.74. The summed E-state index contributed by atoms with van der Waals surface area (Å²) in [6.45, 7) is 3.10. The molecule has 1 atom stereocenters. The smallest absolute Gasteiger partial charge is 0.319 e. The molecule has 0 spiro atoms. The minimum Gasteiger partial charge on any atom is -0.493 e. The zero-order valence-corrected chi connectivity index (χ0v) is 10.7. The highest BCUT2D eigenvalue weighted by Gasteiger charge is 2.13. The summed E-state index contributed by atoms with van der Waals surface area (Å²) in [5.41, 5.74) is 1.92. The van der Waals surface area contributed by atoms with E-state index in [-0.39, 0.29) is 12.1 Å². The largest absolute Gasteiger partial charge is 0.493 e. The second kappa shape index (κ2) is 5.73. The van der Waals surface area contributed by atoms with Gasteiger partial charge in [-0.25, -0.2) is 4.79 Å². The number of carbonyl (C=O) groups is 1. The maximum Gasteiger partial charge on any atom is 0.319 e. The lowest BCUT2D eigenvalue weighted by molar-refractivity contribution is 0.173. The SMILES string of the molecule is COC[C@@H](C)NC(=O)Nc1ccc2c(c1)CCO2. The van der Waals surface area contributed by atoms with Crippen LogP contribution in [0.3, 0.4) is 0 Å². The Bertz CT molecular complexity index is 434. The number of fused-ring (bicyclic) bond motifs is 1. The summed E-state index contributed by atoms with van der Waals surface area (Å²) in [4.78, 5) is 11.7.